The Morgan fingerprint density at radius 2 is 2.17 bits per heavy atom. The van der Waals surface area contributed by atoms with Crippen molar-refractivity contribution in [2.45, 2.75) is 12.8 Å². The molecule has 0 aromatic carbocycles. The SMILES string of the molecule is COCCNCC1CCSCC1. The van der Waals surface area contributed by atoms with Crippen LogP contribution in [-0.2, 0) is 4.74 Å². The fourth-order valence-corrected chi connectivity index (χ4v) is 2.64. The molecule has 1 fully saturated rings. The fraction of sp³-hybridized carbons (Fsp3) is 1.00. The molecule has 3 heteroatoms. The van der Waals surface area contributed by atoms with Crippen molar-refractivity contribution >= 4 is 11.8 Å². The molecule has 1 heterocycles. The van der Waals surface area contributed by atoms with Crippen LogP contribution in [0.3, 0.4) is 0 Å². The first-order valence-electron chi connectivity index (χ1n) is 4.71. The van der Waals surface area contributed by atoms with Gasteiger partial charge in [0.05, 0.1) is 6.61 Å². The minimum absolute atomic E-state index is 0.835. The lowest BCUT2D eigenvalue weighted by atomic mass is 10.0. The van der Waals surface area contributed by atoms with Gasteiger partial charge in [-0.25, -0.2) is 0 Å². The van der Waals surface area contributed by atoms with Gasteiger partial charge in [-0.3, -0.25) is 0 Å². The molecule has 0 aromatic rings. The zero-order chi connectivity index (χ0) is 8.65. The number of methoxy groups -OCH3 is 1. The Balaban J connectivity index is 1.91. The van der Waals surface area contributed by atoms with Crippen molar-refractivity contribution in [3.05, 3.63) is 0 Å². The lowest BCUT2D eigenvalue weighted by molar-refractivity contribution is 0.197. The van der Waals surface area contributed by atoms with Crippen molar-refractivity contribution in [3.8, 4) is 0 Å². The number of ether oxygens (including phenoxy) is 1. The fourth-order valence-electron chi connectivity index (χ4n) is 1.43. The molecule has 0 atom stereocenters. The lowest BCUT2D eigenvalue weighted by Gasteiger charge is -2.21. The molecule has 0 bridgehead atoms. The van der Waals surface area contributed by atoms with E-state index in [-0.39, 0.29) is 0 Å². The quantitative estimate of drug-likeness (QED) is 0.660. The lowest BCUT2D eigenvalue weighted by Crippen LogP contribution is -2.28. The third-order valence-electron chi connectivity index (χ3n) is 2.26. The summed E-state index contributed by atoms with van der Waals surface area (Å²) in [5.74, 6) is 3.64. The number of hydrogen-bond acceptors (Lipinski definition) is 3. The molecule has 1 aliphatic rings. The second-order valence-corrected chi connectivity index (χ2v) is 4.48. The van der Waals surface area contributed by atoms with Gasteiger partial charge in [0.15, 0.2) is 0 Å². The summed E-state index contributed by atoms with van der Waals surface area (Å²) in [5, 5.41) is 3.42. The molecule has 1 N–H and O–H groups in total. The van der Waals surface area contributed by atoms with Crippen molar-refractivity contribution in [1.82, 2.24) is 5.32 Å². The van der Waals surface area contributed by atoms with E-state index in [9.17, 15) is 0 Å². The molecule has 1 saturated heterocycles. The van der Waals surface area contributed by atoms with Crippen molar-refractivity contribution in [1.29, 1.82) is 0 Å². The van der Waals surface area contributed by atoms with E-state index in [2.05, 4.69) is 17.1 Å². The standard InChI is InChI=1S/C9H19NOS/c1-11-5-4-10-8-9-2-6-12-7-3-9/h9-10H,2-8H2,1H3. The van der Waals surface area contributed by atoms with E-state index in [0.717, 1.165) is 19.1 Å². The number of thioether (sulfide) groups is 1. The van der Waals surface area contributed by atoms with Crippen LogP contribution < -0.4 is 5.32 Å². The van der Waals surface area contributed by atoms with Crippen LogP contribution in [0.4, 0.5) is 0 Å². The van der Waals surface area contributed by atoms with Gasteiger partial charge in [0.25, 0.3) is 0 Å². The van der Waals surface area contributed by atoms with Crippen LogP contribution in [0.2, 0.25) is 0 Å². The van der Waals surface area contributed by atoms with Crippen molar-refractivity contribution in [3.63, 3.8) is 0 Å². The van der Waals surface area contributed by atoms with Gasteiger partial charge in [-0.2, -0.15) is 11.8 Å². The Bertz CT molecular complexity index is 105. The Morgan fingerprint density at radius 1 is 1.42 bits per heavy atom. The number of rotatable bonds is 5. The maximum absolute atomic E-state index is 4.96. The number of nitrogens with one attached hydrogen (secondary N) is 1. The Kier molecular flexibility index (Phi) is 5.82. The summed E-state index contributed by atoms with van der Waals surface area (Å²) >= 11 is 2.09. The topological polar surface area (TPSA) is 21.3 Å². The molecule has 72 valence electrons. The summed E-state index contributed by atoms with van der Waals surface area (Å²) < 4.78 is 4.96. The zero-order valence-electron chi connectivity index (χ0n) is 7.84. The van der Waals surface area contributed by atoms with Gasteiger partial charge in [-0.15, -0.1) is 0 Å². The average Bonchev–Trinajstić information content (AvgIpc) is 2.14. The van der Waals surface area contributed by atoms with Crippen molar-refractivity contribution in [2.75, 3.05) is 38.3 Å². The molecule has 0 saturated carbocycles. The molecule has 1 aliphatic heterocycles. The average molecular weight is 189 g/mol. The predicted molar refractivity (Wildman–Crippen MR) is 54.8 cm³/mol. The zero-order valence-corrected chi connectivity index (χ0v) is 8.66. The molecule has 1 rings (SSSR count). The first-order chi connectivity index (χ1) is 5.93. The van der Waals surface area contributed by atoms with Crippen LogP contribution in [0.1, 0.15) is 12.8 Å². The third kappa shape index (κ3) is 4.33. The molecule has 0 amide bonds. The molecule has 0 unspecified atom stereocenters. The Labute approximate surface area is 79.4 Å². The molecule has 0 radical (unpaired) electrons. The van der Waals surface area contributed by atoms with Gasteiger partial charge in [-0.05, 0) is 36.8 Å². The second kappa shape index (κ2) is 6.75. The maximum Gasteiger partial charge on any atom is 0.0587 e. The van der Waals surface area contributed by atoms with Gasteiger partial charge < -0.3 is 10.1 Å². The van der Waals surface area contributed by atoms with Crippen LogP contribution in [0.25, 0.3) is 0 Å². The monoisotopic (exact) mass is 189 g/mol. The predicted octanol–water partition coefficient (Wildman–Crippen LogP) is 1.37. The van der Waals surface area contributed by atoms with Gasteiger partial charge in [-0.1, -0.05) is 0 Å². The van der Waals surface area contributed by atoms with E-state index in [1.54, 1.807) is 7.11 Å². The highest BCUT2D eigenvalue weighted by Gasteiger charge is 2.12. The smallest absolute Gasteiger partial charge is 0.0587 e. The van der Waals surface area contributed by atoms with Gasteiger partial charge in [0.2, 0.25) is 0 Å². The highest BCUT2D eigenvalue weighted by Crippen LogP contribution is 2.21. The van der Waals surface area contributed by atoms with Crippen LogP contribution in [-0.4, -0.2) is 38.3 Å². The minimum atomic E-state index is 0.835. The minimum Gasteiger partial charge on any atom is -0.383 e. The molecule has 0 spiro atoms. The summed E-state index contributed by atoms with van der Waals surface area (Å²) in [4.78, 5) is 0. The van der Waals surface area contributed by atoms with Crippen molar-refractivity contribution in [2.24, 2.45) is 5.92 Å². The number of hydrogen-bond donors (Lipinski definition) is 1. The normalized spacial score (nSPS) is 19.8. The highest BCUT2D eigenvalue weighted by atomic mass is 32.2. The van der Waals surface area contributed by atoms with Crippen LogP contribution in [0.15, 0.2) is 0 Å². The maximum atomic E-state index is 4.96. The van der Waals surface area contributed by atoms with E-state index in [1.165, 1.54) is 30.9 Å². The molecule has 12 heavy (non-hydrogen) atoms. The van der Waals surface area contributed by atoms with Crippen LogP contribution in [0.5, 0.6) is 0 Å². The van der Waals surface area contributed by atoms with E-state index < -0.39 is 0 Å². The van der Waals surface area contributed by atoms with Crippen LogP contribution >= 0.6 is 11.8 Å². The third-order valence-corrected chi connectivity index (χ3v) is 3.31. The Hall–Kier alpha value is 0.270. The van der Waals surface area contributed by atoms with Gasteiger partial charge >= 0.3 is 0 Å². The Morgan fingerprint density at radius 3 is 2.83 bits per heavy atom. The summed E-state index contributed by atoms with van der Waals surface area (Å²) in [7, 11) is 1.75. The summed E-state index contributed by atoms with van der Waals surface area (Å²) in [5.41, 5.74) is 0. The molecular weight excluding hydrogens is 170 g/mol. The largest absolute Gasteiger partial charge is 0.383 e. The molecule has 0 aromatic heterocycles. The van der Waals surface area contributed by atoms with E-state index in [0.29, 0.717) is 0 Å². The summed E-state index contributed by atoms with van der Waals surface area (Å²) in [6.45, 7) is 3.02. The second-order valence-electron chi connectivity index (χ2n) is 3.25. The molecule has 0 aliphatic carbocycles. The summed E-state index contributed by atoms with van der Waals surface area (Å²) in [6.07, 6.45) is 2.79. The highest BCUT2D eigenvalue weighted by molar-refractivity contribution is 7.99. The first-order valence-corrected chi connectivity index (χ1v) is 5.86. The van der Waals surface area contributed by atoms with E-state index in [4.69, 9.17) is 4.74 Å². The van der Waals surface area contributed by atoms with E-state index >= 15 is 0 Å². The molecular formula is C9H19NOS. The first kappa shape index (κ1) is 10.4. The van der Waals surface area contributed by atoms with Crippen LogP contribution in [0, 0.1) is 5.92 Å². The van der Waals surface area contributed by atoms with E-state index in [1.807, 2.05) is 0 Å². The molecule has 2 nitrogen and oxygen atoms in total. The van der Waals surface area contributed by atoms with Gasteiger partial charge in [0.1, 0.15) is 0 Å². The summed E-state index contributed by atoms with van der Waals surface area (Å²) in [6, 6.07) is 0. The van der Waals surface area contributed by atoms with Gasteiger partial charge in [0, 0.05) is 13.7 Å². The van der Waals surface area contributed by atoms with Crippen molar-refractivity contribution < 1.29 is 4.74 Å².